The SMILES string of the molecule is Cc1ccc(F)c(N=[N+]=[N-])c1F. The molecule has 0 N–H and O–H groups in total. The highest BCUT2D eigenvalue weighted by Gasteiger charge is 2.08. The summed E-state index contributed by atoms with van der Waals surface area (Å²) in [6.07, 6.45) is 0. The summed E-state index contributed by atoms with van der Waals surface area (Å²) in [5, 5.41) is 2.90. The zero-order chi connectivity index (χ0) is 9.14. The Morgan fingerprint density at radius 2 is 2.08 bits per heavy atom. The second kappa shape index (κ2) is 3.19. The molecule has 0 unspecified atom stereocenters. The van der Waals surface area contributed by atoms with Crippen LogP contribution in [0.1, 0.15) is 5.56 Å². The third kappa shape index (κ3) is 1.35. The molecule has 0 fully saturated rings. The number of hydrogen-bond acceptors (Lipinski definition) is 1. The Morgan fingerprint density at radius 3 is 2.67 bits per heavy atom. The standard InChI is InChI=1S/C7H5F2N3/c1-4-2-3-5(8)7(6(4)9)11-12-10/h2-3H,1H3. The first-order valence-corrected chi connectivity index (χ1v) is 3.16. The molecule has 5 heteroatoms. The maximum absolute atomic E-state index is 12.9. The normalized spacial score (nSPS) is 9.25. The van der Waals surface area contributed by atoms with Gasteiger partial charge < -0.3 is 0 Å². The van der Waals surface area contributed by atoms with Crippen molar-refractivity contribution in [1.82, 2.24) is 0 Å². The third-order valence-corrected chi connectivity index (χ3v) is 1.40. The van der Waals surface area contributed by atoms with Crippen LogP contribution in [0.4, 0.5) is 14.5 Å². The number of azide groups is 1. The minimum Gasteiger partial charge on any atom is -0.206 e. The molecule has 1 rings (SSSR count). The number of benzene rings is 1. The molecule has 12 heavy (non-hydrogen) atoms. The fourth-order valence-electron chi connectivity index (χ4n) is 0.778. The van der Waals surface area contributed by atoms with Crippen molar-refractivity contribution in [2.45, 2.75) is 6.92 Å². The molecule has 0 bridgehead atoms. The van der Waals surface area contributed by atoms with Gasteiger partial charge in [0.15, 0.2) is 0 Å². The van der Waals surface area contributed by atoms with Crippen LogP contribution in [0.15, 0.2) is 17.2 Å². The maximum atomic E-state index is 12.9. The van der Waals surface area contributed by atoms with E-state index < -0.39 is 17.3 Å². The van der Waals surface area contributed by atoms with Crippen molar-refractivity contribution in [2.24, 2.45) is 5.11 Å². The lowest BCUT2D eigenvalue weighted by molar-refractivity contribution is 0.581. The van der Waals surface area contributed by atoms with Crippen LogP contribution in [0.2, 0.25) is 0 Å². The van der Waals surface area contributed by atoms with Gasteiger partial charge in [-0.2, -0.15) is 0 Å². The molecular weight excluding hydrogens is 164 g/mol. The summed E-state index contributed by atoms with van der Waals surface area (Å²) in [6.45, 7) is 1.46. The quantitative estimate of drug-likeness (QED) is 0.352. The van der Waals surface area contributed by atoms with Gasteiger partial charge in [0.05, 0.1) is 0 Å². The van der Waals surface area contributed by atoms with Gasteiger partial charge in [0, 0.05) is 4.91 Å². The number of nitrogens with zero attached hydrogens (tertiary/aromatic N) is 3. The summed E-state index contributed by atoms with van der Waals surface area (Å²) in [4.78, 5) is 2.31. The molecule has 1 aromatic rings. The van der Waals surface area contributed by atoms with Crippen LogP contribution in [0.3, 0.4) is 0 Å². The minimum absolute atomic E-state index is 0.249. The van der Waals surface area contributed by atoms with E-state index in [4.69, 9.17) is 5.53 Å². The Hall–Kier alpha value is -1.61. The Bertz CT molecular complexity index is 356. The molecule has 0 aromatic heterocycles. The van der Waals surface area contributed by atoms with Gasteiger partial charge in [0.25, 0.3) is 0 Å². The predicted molar refractivity (Wildman–Crippen MR) is 39.9 cm³/mol. The largest absolute Gasteiger partial charge is 0.206 e. The van der Waals surface area contributed by atoms with Crippen molar-refractivity contribution in [3.8, 4) is 0 Å². The molecule has 1 aromatic carbocycles. The Balaban J connectivity index is 3.42. The summed E-state index contributed by atoms with van der Waals surface area (Å²) in [6, 6.07) is 2.34. The lowest BCUT2D eigenvalue weighted by atomic mass is 10.2. The molecule has 0 saturated heterocycles. The van der Waals surface area contributed by atoms with E-state index >= 15 is 0 Å². The second-order valence-corrected chi connectivity index (χ2v) is 2.22. The molecule has 0 aliphatic heterocycles. The zero-order valence-electron chi connectivity index (χ0n) is 6.25. The Kier molecular flexibility index (Phi) is 2.26. The molecule has 62 valence electrons. The molecule has 0 spiro atoms. The molecule has 0 aliphatic rings. The lowest BCUT2D eigenvalue weighted by Crippen LogP contribution is -1.85. The number of rotatable bonds is 1. The fraction of sp³-hybridized carbons (Fsp3) is 0.143. The van der Waals surface area contributed by atoms with Gasteiger partial charge in [-0.15, -0.1) is 0 Å². The van der Waals surface area contributed by atoms with Gasteiger partial charge in [-0.3, -0.25) is 0 Å². The summed E-state index contributed by atoms with van der Waals surface area (Å²) in [5.74, 6) is -1.66. The Labute approximate surface area is 67.3 Å². The average Bonchev–Trinajstić information content (AvgIpc) is 2.06. The van der Waals surface area contributed by atoms with E-state index in [0.29, 0.717) is 0 Å². The first-order chi connectivity index (χ1) is 5.66. The maximum Gasteiger partial charge on any atom is 0.138 e. The fourth-order valence-corrected chi connectivity index (χ4v) is 0.778. The molecule has 3 nitrogen and oxygen atoms in total. The van der Waals surface area contributed by atoms with Gasteiger partial charge in [-0.1, -0.05) is 11.2 Å². The smallest absolute Gasteiger partial charge is 0.138 e. The van der Waals surface area contributed by atoms with E-state index in [-0.39, 0.29) is 5.56 Å². The van der Waals surface area contributed by atoms with Crippen molar-refractivity contribution in [3.05, 3.63) is 39.8 Å². The topological polar surface area (TPSA) is 48.8 Å². The van der Waals surface area contributed by atoms with Crippen molar-refractivity contribution in [2.75, 3.05) is 0 Å². The summed E-state index contributed by atoms with van der Waals surface area (Å²) in [7, 11) is 0. The second-order valence-electron chi connectivity index (χ2n) is 2.22. The van der Waals surface area contributed by atoms with Crippen LogP contribution < -0.4 is 0 Å². The molecule has 0 heterocycles. The zero-order valence-corrected chi connectivity index (χ0v) is 6.25. The highest BCUT2D eigenvalue weighted by molar-refractivity contribution is 5.43. The van der Waals surface area contributed by atoms with Crippen LogP contribution in [0.5, 0.6) is 0 Å². The van der Waals surface area contributed by atoms with Crippen molar-refractivity contribution >= 4 is 5.69 Å². The monoisotopic (exact) mass is 169 g/mol. The highest BCUT2D eigenvalue weighted by atomic mass is 19.1. The summed E-state index contributed by atoms with van der Waals surface area (Å²) in [5.41, 5.74) is 7.66. The van der Waals surface area contributed by atoms with Gasteiger partial charge in [-0.25, -0.2) is 8.78 Å². The first kappa shape index (κ1) is 8.49. The van der Waals surface area contributed by atoms with Crippen molar-refractivity contribution in [3.63, 3.8) is 0 Å². The molecule has 0 amide bonds. The van der Waals surface area contributed by atoms with Gasteiger partial charge in [-0.05, 0) is 24.1 Å². The van der Waals surface area contributed by atoms with Crippen LogP contribution in [0, 0.1) is 18.6 Å². The number of hydrogen-bond donors (Lipinski definition) is 0. The van der Waals surface area contributed by atoms with Crippen LogP contribution in [0.25, 0.3) is 10.4 Å². The number of aryl methyl sites for hydroxylation is 1. The highest BCUT2D eigenvalue weighted by Crippen LogP contribution is 2.24. The first-order valence-electron chi connectivity index (χ1n) is 3.16. The van der Waals surface area contributed by atoms with Crippen molar-refractivity contribution < 1.29 is 8.78 Å². The van der Waals surface area contributed by atoms with Gasteiger partial charge in [0.1, 0.15) is 17.3 Å². The predicted octanol–water partition coefficient (Wildman–Crippen LogP) is 3.22. The third-order valence-electron chi connectivity index (χ3n) is 1.40. The van der Waals surface area contributed by atoms with E-state index in [0.717, 1.165) is 6.07 Å². The van der Waals surface area contributed by atoms with Gasteiger partial charge >= 0.3 is 0 Å². The van der Waals surface area contributed by atoms with Crippen LogP contribution in [-0.2, 0) is 0 Å². The molecule has 0 aliphatic carbocycles. The van der Waals surface area contributed by atoms with E-state index in [9.17, 15) is 8.78 Å². The van der Waals surface area contributed by atoms with Crippen LogP contribution >= 0.6 is 0 Å². The molecule has 0 saturated carbocycles. The summed E-state index contributed by atoms with van der Waals surface area (Å²) >= 11 is 0. The van der Waals surface area contributed by atoms with Crippen molar-refractivity contribution in [1.29, 1.82) is 0 Å². The number of halogens is 2. The molecular formula is C7H5F2N3. The van der Waals surface area contributed by atoms with E-state index in [1.807, 2.05) is 0 Å². The molecule has 0 radical (unpaired) electrons. The summed E-state index contributed by atoms with van der Waals surface area (Å²) < 4.78 is 25.7. The van der Waals surface area contributed by atoms with Crippen LogP contribution in [-0.4, -0.2) is 0 Å². The Morgan fingerprint density at radius 1 is 1.42 bits per heavy atom. The van der Waals surface area contributed by atoms with Gasteiger partial charge in [0.2, 0.25) is 0 Å². The van der Waals surface area contributed by atoms with E-state index in [1.165, 1.54) is 13.0 Å². The minimum atomic E-state index is -0.851. The van der Waals surface area contributed by atoms with E-state index in [1.54, 1.807) is 0 Å². The molecule has 0 atom stereocenters. The average molecular weight is 169 g/mol. The lowest BCUT2D eigenvalue weighted by Gasteiger charge is -1.99. The van der Waals surface area contributed by atoms with E-state index in [2.05, 4.69) is 10.0 Å².